The highest BCUT2D eigenvalue weighted by molar-refractivity contribution is 9.10. The van der Waals surface area contributed by atoms with Crippen molar-refractivity contribution >= 4 is 62.1 Å². The molecular weight excluding hydrogens is 507 g/mol. The van der Waals surface area contributed by atoms with Gasteiger partial charge < -0.3 is 10.2 Å². The third kappa shape index (κ3) is 4.99. The van der Waals surface area contributed by atoms with E-state index in [9.17, 15) is 0 Å². The van der Waals surface area contributed by atoms with Gasteiger partial charge >= 0.3 is 0 Å². The van der Waals surface area contributed by atoms with Crippen LogP contribution in [-0.2, 0) is 19.6 Å². The lowest BCUT2D eigenvalue weighted by Crippen LogP contribution is -2.32. The van der Waals surface area contributed by atoms with Crippen molar-refractivity contribution in [1.29, 1.82) is 0 Å². The zero-order chi connectivity index (χ0) is 22.0. The Hall–Kier alpha value is -1.61. The molecule has 0 spiro atoms. The number of halogens is 3. The second kappa shape index (κ2) is 9.68. The Labute approximate surface area is 200 Å². The van der Waals surface area contributed by atoms with E-state index in [1.54, 1.807) is 6.07 Å². The van der Waals surface area contributed by atoms with Crippen LogP contribution in [0.2, 0.25) is 10.0 Å². The number of benzene rings is 1. The molecule has 10 heteroatoms. The van der Waals surface area contributed by atoms with Gasteiger partial charge in [0.15, 0.2) is 5.11 Å². The maximum absolute atomic E-state index is 6.33. The van der Waals surface area contributed by atoms with E-state index >= 15 is 0 Å². The summed E-state index contributed by atoms with van der Waals surface area (Å²) in [6.07, 6.45) is 1.81. The predicted molar refractivity (Wildman–Crippen MR) is 131 cm³/mol. The molecule has 2 aromatic heterocycles. The SMILES string of the molecule is CCn1ncc(Br)c1CN(C)C(=S)Nc1c(C)nn(Cc2ccc(Cl)cc2Cl)c1C. The Kier molecular flexibility index (Phi) is 7.44. The number of aryl methyl sites for hydroxylation is 2. The molecular formula is C20H23BrCl2N6S. The number of nitrogens with zero attached hydrogens (tertiary/aromatic N) is 5. The Balaban J connectivity index is 1.75. The van der Waals surface area contributed by atoms with Gasteiger partial charge in [0.25, 0.3) is 0 Å². The average Bonchev–Trinajstić information content (AvgIpc) is 3.17. The van der Waals surface area contributed by atoms with E-state index in [-0.39, 0.29) is 0 Å². The first-order valence-electron chi connectivity index (χ1n) is 9.41. The maximum atomic E-state index is 6.33. The molecule has 30 heavy (non-hydrogen) atoms. The van der Waals surface area contributed by atoms with Crippen LogP contribution < -0.4 is 5.32 Å². The lowest BCUT2D eigenvalue weighted by molar-refractivity contribution is 0.470. The highest BCUT2D eigenvalue weighted by Crippen LogP contribution is 2.25. The molecule has 6 nitrogen and oxygen atoms in total. The zero-order valence-corrected chi connectivity index (χ0v) is 21.1. The molecule has 0 atom stereocenters. The fourth-order valence-electron chi connectivity index (χ4n) is 3.16. The summed E-state index contributed by atoms with van der Waals surface area (Å²) in [5, 5.41) is 14.2. The molecule has 3 aromatic rings. The van der Waals surface area contributed by atoms with Crippen LogP contribution in [0.15, 0.2) is 28.9 Å². The van der Waals surface area contributed by atoms with Crippen molar-refractivity contribution < 1.29 is 0 Å². The molecule has 0 aliphatic carbocycles. The molecule has 2 heterocycles. The minimum Gasteiger partial charge on any atom is -0.346 e. The van der Waals surface area contributed by atoms with Crippen LogP contribution in [0.4, 0.5) is 5.69 Å². The van der Waals surface area contributed by atoms with Crippen LogP contribution in [0, 0.1) is 13.8 Å². The summed E-state index contributed by atoms with van der Waals surface area (Å²) < 4.78 is 4.84. The molecule has 3 rings (SSSR count). The van der Waals surface area contributed by atoms with Gasteiger partial charge in [-0.3, -0.25) is 9.36 Å². The molecule has 0 amide bonds. The monoisotopic (exact) mass is 528 g/mol. The van der Waals surface area contributed by atoms with E-state index in [0.717, 1.165) is 39.4 Å². The van der Waals surface area contributed by atoms with Gasteiger partial charge in [0.05, 0.1) is 46.5 Å². The van der Waals surface area contributed by atoms with E-state index in [0.29, 0.717) is 28.2 Å². The van der Waals surface area contributed by atoms with Gasteiger partial charge in [0, 0.05) is 23.6 Å². The number of hydrogen-bond acceptors (Lipinski definition) is 3. The first-order valence-corrected chi connectivity index (χ1v) is 11.4. The number of anilines is 1. The number of nitrogens with one attached hydrogen (secondary N) is 1. The summed E-state index contributed by atoms with van der Waals surface area (Å²) in [6.45, 7) is 8.02. The van der Waals surface area contributed by atoms with Crippen molar-refractivity contribution in [2.24, 2.45) is 0 Å². The lowest BCUT2D eigenvalue weighted by Gasteiger charge is -2.22. The molecule has 0 unspecified atom stereocenters. The van der Waals surface area contributed by atoms with Gasteiger partial charge in [-0.25, -0.2) is 0 Å². The van der Waals surface area contributed by atoms with E-state index in [1.165, 1.54) is 0 Å². The van der Waals surface area contributed by atoms with E-state index < -0.39 is 0 Å². The largest absolute Gasteiger partial charge is 0.346 e. The lowest BCUT2D eigenvalue weighted by atomic mass is 10.2. The zero-order valence-electron chi connectivity index (χ0n) is 17.2. The van der Waals surface area contributed by atoms with Crippen LogP contribution >= 0.6 is 51.3 Å². The van der Waals surface area contributed by atoms with Crippen molar-refractivity contribution in [1.82, 2.24) is 24.5 Å². The number of thiocarbonyl (C=S) groups is 1. The summed E-state index contributed by atoms with van der Waals surface area (Å²) in [5.74, 6) is 0. The number of aromatic nitrogens is 4. The quantitative estimate of drug-likeness (QED) is 0.417. The van der Waals surface area contributed by atoms with E-state index in [1.807, 2.05) is 53.5 Å². The van der Waals surface area contributed by atoms with Crippen molar-refractivity contribution in [2.75, 3.05) is 12.4 Å². The van der Waals surface area contributed by atoms with Gasteiger partial charge in [0.2, 0.25) is 0 Å². The third-order valence-electron chi connectivity index (χ3n) is 4.88. The average molecular weight is 530 g/mol. The van der Waals surface area contributed by atoms with Crippen molar-refractivity contribution in [3.8, 4) is 0 Å². The predicted octanol–water partition coefficient (Wildman–Crippen LogP) is 5.66. The Bertz CT molecular complexity index is 1080. The van der Waals surface area contributed by atoms with Crippen LogP contribution in [0.5, 0.6) is 0 Å². The molecule has 0 radical (unpaired) electrons. The van der Waals surface area contributed by atoms with Gasteiger partial charge in [-0.1, -0.05) is 29.3 Å². The third-order valence-corrected chi connectivity index (χ3v) is 6.54. The molecule has 0 saturated carbocycles. The topological polar surface area (TPSA) is 50.9 Å². The van der Waals surface area contributed by atoms with Crippen molar-refractivity contribution in [2.45, 2.75) is 40.4 Å². The Morgan fingerprint density at radius 2 is 2.00 bits per heavy atom. The van der Waals surface area contributed by atoms with Gasteiger partial charge in [-0.05, 0) is 66.6 Å². The molecule has 0 bridgehead atoms. The summed E-state index contributed by atoms with van der Waals surface area (Å²) in [5.41, 5.74) is 4.78. The second-order valence-corrected chi connectivity index (χ2v) is 9.07. The van der Waals surface area contributed by atoms with E-state index in [2.05, 4.69) is 38.4 Å². The maximum Gasteiger partial charge on any atom is 0.173 e. The van der Waals surface area contributed by atoms with Crippen molar-refractivity contribution in [3.63, 3.8) is 0 Å². The Morgan fingerprint density at radius 1 is 1.27 bits per heavy atom. The molecule has 1 N–H and O–H groups in total. The minimum atomic E-state index is 0.551. The van der Waals surface area contributed by atoms with Crippen LogP contribution in [-0.4, -0.2) is 36.6 Å². The Morgan fingerprint density at radius 3 is 2.67 bits per heavy atom. The first kappa shape index (κ1) is 23.1. The molecule has 0 saturated heterocycles. The minimum absolute atomic E-state index is 0.551. The molecule has 1 aromatic carbocycles. The standard InChI is InChI=1S/C20H23BrCl2N6S/c1-5-28-18(16(21)9-24-28)11-27(4)20(30)25-19-12(2)26-29(13(19)3)10-14-6-7-15(22)8-17(14)23/h6-9H,5,10-11H2,1-4H3,(H,25,30). The van der Waals surface area contributed by atoms with Gasteiger partial charge in [-0.15, -0.1) is 0 Å². The smallest absolute Gasteiger partial charge is 0.173 e. The normalized spacial score (nSPS) is 11.0. The molecule has 0 aliphatic heterocycles. The molecule has 0 aliphatic rings. The highest BCUT2D eigenvalue weighted by Gasteiger charge is 2.17. The first-order chi connectivity index (χ1) is 14.2. The number of hydrogen-bond donors (Lipinski definition) is 1. The van der Waals surface area contributed by atoms with E-state index in [4.69, 9.17) is 35.4 Å². The number of rotatable bonds is 6. The fraction of sp³-hybridized carbons (Fsp3) is 0.350. The molecule has 160 valence electrons. The van der Waals surface area contributed by atoms with Crippen LogP contribution in [0.1, 0.15) is 29.6 Å². The van der Waals surface area contributed by atoms with Gasteiger partial charge in [-0.2, -0.15) is 10.2 Å². The van der Waals surface area contributed by atoms with Gasteiger partial charge in [0.1, 0.15) is 0 Å². The summed E-state index contributed by atoms with van der Waals surface area (Å²) >= 11 is 21.5. The van der Waals surface area contributed by atoms with Crippen molar-refractivity contribution in [3.05, 3.63) is 61.6 Å². The molecule has 0 fully saturated rings. The van der Waals surface area contributed by atoms with Crippen LogP contribution in [0.25, 0.3) is 0 Å². The summed E-state index contributed by atoms with van der Waals surface area (Å²) in [4.78, 5) is 1.98. The highest BCUT2D eigenvalue weighted by atomic mass is 79.9. The van der Waals surface area contributed by atoms with Crippen LogP contribution in [0.3, 0.4) is 0 Å². The summed E-state index contributed by atoms with van der Waals surface area (Å²) in [7, 11) is 1.96. The fourth-order valence-corrected chi connectivity index (χ4v) is 4.22. The summed E-state index contributed by atoms with van der Waals surface area (Å²) in [6, 6.07) is 5.49. The second-order valence-electron chi connectivity index (χ2n) is 6.98.